The van der Waals surface area contributed by atoms with E-state index in [1.165, 1.54) is 15.9 Å². The SMILES string of the molecule is O=C(Cn1c(=O)n(-c2ccc(Cl)cc2)c(=O)c2sccc21)Nc1cccc(Cl)c1. The molecular weight excluding hydrogens is 433 g/mol. The Morgan fingerprint density at radius 1 is 1.00 bits per heavy atom. The second-order valence-electron chi connectivity index (χ2n) is 6.18. The molecule has 1 amide bonds. The van der Waals surface area contributed by atoms with E-state index in [1.807, 2.05) is 0 Å². The van der Waals surface area contributed by atoms with E-state index in [0.717, 1.165) is 4.57 Å². The number of amides is 1. The van der Waals surface area contributed by atoms with Gasteiger partial charge in [-0.15, -0.1) is 11.3 Å². The molecule has 2 heterocycles. The van der Waals surface area contributed by atoms with Gasteiger partial charge in [-0.3, -0.25) is 14.2 Å². The number of nitrogens with zero attached hydrogens (tertiary/aromatic N) is 2. The van der Waals surface area contributed by atoms with Gasteiger partial charge in [0.2, 0.25) is 5.91 Å². The Bertz CT molecular complexity index is 1340. The van der Waals surface area contributed by atoms with Gasteiger partial charge in [0, 0.05) is 15.7 Å². The van der Waals surface area contributed by atoms with Crippen molar-refractivity contribution in [2.75, 3.05) is 5.32 Å². The minimum atomic E-state index is -0.607. The monoisotopic (exact) mass is 445 g/mol. The van der Waals surface area contributed by atoms with Gasteiger partial charge >= 0.3 is 5.69 Å². The number of nitrogens with one attached hydrogen (secondary N) is 1. The minimum absolute atomic E-state index is 0.257. The van der Waals surface area contributed by atoms with Crippen LogP contribution in [0.1, 0.15) is 0 Å². The number of hydrogen-bond donors (Lipinski definition) is 1. The number of rotatable bonds is 4. The van der Waals surface area contributed by atoms with Gasteiger partial charge in [-0.2, -0.15) is 0 Å². The number of aromatic nitrogens is 2. The quantitative estimate of drug-likeness (QED) is 0.512. The third-order valence-electron chi connectivity index (χ3n) is 4.25. The van der Waals surface area contributed by atoms with E-state index in [4.69, 9.17) is 23.2 Å². The highest BCUT2D eigenvalue weighted by molar-refractivity contribution is 7.17. The number of hydrogen-bond acceptors (Lipinski definition) is 4. The van der Waals surface area contributed by atoms with Crippen molar-refractivity contribution in [3.05, 3.63) is 90.9 Å². The highest BCUT2D eigenvalue weighted by atomic mass is 35.5. The summed E-state index contributed by atoms with van der Waals surface area (Å²) >= 11 is 13.1. The predicted octanol–water partition coefficient (Wildman–Crippen LogP) is 4.16. The molecule has 0 saturated carbocycles. The van der Waals surface area contributed by atoms with Crippen LogP contribution in [0.25, 0.3) is 15.9 Å². The average molecular weight is 446 g/mol. The largest absolute Gasteiger partial charge is 0.336 e. The van der Waals surface area contributed by atoms with E-state index in [0.29, 0.717) is 31.6 Å². The van der Waals surface area contributed by atoms with E-state index >= 15 is 0 Å². The fourth-order valence-corrected chi connectivity index (χ4v) is 4.11. The summed E-state index contributed by atoms with van der Waals surface area (Å²) < 4.78 is 2.71. The maximum Gasteiger partial charge on any atom is 0.336 e. The number of carbonyl (C=O) groups excluding carboxylic acids is 1. The zero-order chi connectivity index (χ0) is 20.5. The van der Waals surface area contributed by atoms with Crippen molar-refractivity contribution in [2.24, 2.45) is 0 Å². The Kier molecular flexibility index (Phi) is 5.27. The molecule has 0 fully saturated rings. The molecule has 0 atom stereocenters. The highest BCUT2D eigenvalue weighted by Crippen LogP contribution is 2.18. The molecular formula is C20H13Cl2N3O3S. The Balaban J connectivity index is 1.79. The lowest BCUT2D eigenvalue weighted by molar-refractivity contribution is -0.116. The maximum absolute atomic E-state index is 13.1. The molecule has 146 valence electrons. The Labute approximate surface area is 178 Å². The lowest BCUT2D eigenvalue weighted by Crippen LogP contribution is -2.40. The molecule has 0 unspecified atom stereocenters. The summed E-state index contributed by atoms with van der Waals surface area (Å²) in [4.78, 5) is 38.6. The second-order valence-corrected chi connectivity index (χ2v) is 7.97. The van der Waals surface area contributed by atoms with Gasteiger partial charge in [-0.25, -0.2) is 9.36 Å². The molecule has 1 N–H and O–H groups in total. The van der Waals surface area contributed by atoms with E-state index in [-0.39, 0.29) is 6.54 Å². The minimum Gasteiger partial charge on any atom is -0.324 e. The second kappa shape index (κ2) is 7.87. The van der Waals surface area contributed by atoms with Crippen LogP contribution >= 0.6 is 34.5 Å². The number of benzene rings is 2. The molecule has 0 aliphatic rings. The molecule has 0 bridgehead atoms. The third-order valence-corrected chi connectivity index (χ3v) is 5.63. The number of halogens is 2. The van der Waals surface area contributed by atoms with Crippen molar-refractivity contribution in [2.45, 2.75) is 6.54 Å². The summed E-state index contributed by atoms with van der Waals surface area (Å²) in [6.45, 7) is -0.257. The topological polar surface area (TPSA) is 73.1 Å². The lowest BCUT2D eigenvalue weighted by atomic mass is 10.3. The molecule has 0 spiro atoms. The average Bonchev–Trinajstić information content (AvgIpc) is 3.17. The first-order valence-electron chi connectivity index (χ1n) is 8.48. The van der Waals surface area contributed by atoms with Crippen molar-refractivity contribution in [3.63, 3.8) is 0 Å². The predicted molar refractivity (Wildman–Crippen MR) is 117 cm³/mol. The van der Waals surface area contributed by atoms with Gasteiger partial charge in [-0.05, 0) is 53.9 Å². The molecule has 4 aromatic rings. The molecule has 6 nitrogen and oxygen atoms in total. The summed E-state index contributed by atoms with van der Waals surface area (Å²) in [7, 11) is 0. The number of fused-ring (bicyclic) bond motifs is 1. The molecule has 2 aromatic heterocycles. The molecule has 4 rings (SSSR count). The zero-order valence-corrected chi connectivity index (χ0v) is 17.1. The van der Waals surface area contributed by atoms with Crippen LogP contribution < -0.4 is 16.6 Å². The van der Waals surface area contributed by atoms with Crippen molar-refractivity contribution in [3.8, 4) is 5.69 Å². The zero-order valence-electron chi connectivity index (χ0n) is 14.8. The first-order valence-corrected chi connectivity index (χ1v) is 10.1. The van der Waals surface area contributed by atoms with Gasteiger partial charge in [-0.1, -0.05) is 29.3 Å². The van der Waals surface area contributed by atoms with Crippen molar-refractivity contribution < 1.29 is 4.79 Å². The smallest absolute Gasteiger partial charge is 0.324 e. The molecule has 0 aliphatic heterocycles. The van der Waals surface area contributed by atoms with Crippen LogP contribution in [0.3, 0.4) is 0 Å². The van der Waals surface area contributed by atoms with Gasteiger partial charge in [0.05, 0.1) is 11.2 Å². The van der Waals surface area contributed by atoms with Gasteiger partial charge < -0.3 is 5.32 Å². The standard InChI is InChI=1S/C20H13Cl2N3O3S/c21-12-4-6-15(7-5-12)25-19(27)18-16(8-9-29-18)24(20(25)28)11-17(26)23-14-3-1-2-13(22)10-14/h1-10H,11H2,(H,23,26). The summed E-state index contributed by atoms with van der Waals surface area (Å²) in [5.74, 6) is -0.414. The fraction of sp³-hybridized carbons (Fsp3) is 0.0500. The Hall–Kier alpha value is -2.87. The lowest BCUT2D eigenvalue weighted by Gasteiger charge is -2.12. The van der Waals surface area contributed by atoms with Crippen LogP contribution in [-0.2, 0) is 11.3 Å². The van der Waals surface area contributed by atoms with Crippen molar-refractivity contribution >= 4 is 56.3 Å². The van der Waals surface area contributed by atoms with E-state index in [9.17, 15) is 14.4 Å². The van der Waals surface area contributed by atoms with Crippen LogP contribution in [0.2, 0.25) is 10.0 Å². The molecule has 9 heteroatoms. The Morgan fingerprint density at radius 2 is 1.76 bits per heavy atom. The maximum atomic E-state index is 13.1. The summed E-state index contributed by atoms with van der Waals surface area (Å²) in [6.07, 6.45) is 0. The van der Waals surface area contributed by atoms with Crippen LogP contribution in [0.5, 0.6) is 0 Å². The number of carbonyl (C=O) groups is 1. The van der Waals surface area contributed by atoms with E-state index in [2.05, 4.69) is 5.32 Å². The van der Waals surface area contributed by atoms with Gasteiger partial charge in [0.1, 0.15) is 11.2 Å². The van der Waals surface area contributed by atoms with Crippen molar-refractivity contribution in [1.29, 1.82) is 0 Å². The first kappa shape index (κ1) is 19.4. The molecule has 0 aliphatic carbocycles. The van der Waals surface area contributed by atoms with Crippen LogP contribution in [-0.4, -0.2) is 15.0 Å². The number of anilines is 1. The summed E-state index contributed by atoms with van der Waals surface area (Å²) in [5.41, 5.74) is 0.265. The molecule has 0 radical (unpaired) electrons. The fourth-order valence-electron chi connectivity index (χ4n) is 2.97. The van der Waals surface area contributed by atoms with Crippen LogP contribution in [0.15, 0.2) is 69.6 Å². The highest BCUT2D eigenvalue weighted by Gasteiger charge is 2.17. The van der Waals surface area contributed by atoms with E-state index < -0.39 is 17.2 Å². The Morgan fingerprint density at radius 3 is 2.48 bits per heavy atom. The van der Waals surface area contributed by atoms with Crippen molar-refractivity contribution in [1.82, 2.24) is 9.13 Å². The first-order chi connectivity index (χ1) is 13.9. The van der Waals surface area contributed by atoms with Crippen LogP contribution in [0.4, 0.5) is 5.69 Å². The normalized spacial score (nSPS) is 11.0. The molecule has 0 saturated heterocycles. The number of thiophene rings is 1. The summed E-state index contributed by atoms with van der Waals surface area (Å²) in [6, 6.07) is 14.7. The third kappa shape index (κ3) is 3.85. The van der Waals surface area contributed by atoms with E-state index in [1.54, 1.807) is 60.0 Å². The van der Waals surface area contributed by atoms with Gasteiger partial charge in [0.15, 0.2) is 0 Å². The summed E-state index contributed by atoms with van der Waals surface area (Å²) in [5, 5.41) is 5.39. The van der Waals surface area contributed by atoms with Gasteiger partial charge in [0.25, 0.3) is 5.56 Å². The molecule has 29 heavy (non-hydrogen) atoms. The van der Waals surface area contributed by atoms with Crippen LogP contribution in [0, 0.1) is 0 Å². The molecule has 2 aromatic carbocycles.